The first-order valence-corrected chi connectivity index (χ1v) is 9.71. The Kier molecular flexibility index (Phi) is 5.48. The number of amides is 2. The molecule has 0 aromatic heterocycles. The predicted molar refractivity (Wildman–Crippen MR) is 92.5 cm³/mol. The van der Waals surface area contributed by atoms with Crippen molar-refractivity contribution in [3.63, 3.8) is 0 Å². The molecular weight excluding hydrogens is 304 g/mol. The molecule has 0 radical (unpaired) electrons. The lowest BCUT2D eigenvalue weighted by Gasteiger charge is -2.41. The van der Waals surface area contributed by atoms with E-state index in [9.17, 15) is 9.59 Å². The van der Waals surface area contributed by atoms with Crippen LogP contribution in [0.2, 0.25) is 0 Å². The predicted octanol–water partition coefficient (Wildman–Crippen LogP) is 2.63. The normalized spacial score (nSPS) is 30.0. The number of nitrogens with zero attached hydrogens (tertiary/aromatic N) is 1. The van der Waals surface area contributed by atoms with Gasteiger partial charge in [-0.05, 0) is 57.8 Å². The molecule has 0 saturated heterocycles. The van der Waals surface area contributed by atoms with Crippen LogP contribution in [0.5, 0.6) is 0 Å². The van der Waals surface area contributed by atoms with Crippen LogP contribution in [-0.4, -0.2) is 48.1 Å². The van der Waals surface area contributed by atoms with Crippen molar-refractivity contribution >= 4 is 11.8 Å². The highest BCUT2D eigenvalue weighted by Gasteiger charge is 2.43. The van der Waals surface area contributed by atoms with Crippen LogP contribution >= 0.6 is 0 Å². The van der Waals surface area contributed by atoms with Gasteiger partial charge in [0.05, 0.1) is 6.10 Å². The number of methoxy groups -OCH3 is 1. The van der Waals surface area contributed by atoms with Crippen LogP contribution < -0.4 is 5.32 Å². The molecule has 0 aromatic carbocycles. The van der Waals surface area contributed by atoms with Gasteiger partial charge >= 0.3 is 0 Å². The van der Waals surface area contributed by atoms with E-state index in [1.807, 2.05) is 0 Å². The van der Waals surface area contributed by atoms with Gasteiger partial charge in [-0.2, -0.15) is 0 Å². The van der Waals surface area contributed by atoms with Gasteiger partial charge in [-0.15, -0.1) is 0 Å². The van der Waals surface area contributed by atoms with Gasteiger partial charge in [0.25, 0.3) is 0 Å². The third kappa shape index (κ3) is 4.29. The number of carbonyl (C=O) groups is 2. The molecule has 0 atom stereocenters. The van der Waals surface area contributed by atoms with Crippen molar-refractivity contribution in [3.8, 4) is 0 Å². The van der Waals surface area contributed by atoms with E-state index in [0.717, 1.165) is 64.3 Å². The van der Waals surface area contributed by atoms with E-state index < -0.39 is 0 Å². The highest BCUT2D eigenvalue weighted by Crippen LogP contribution is 2.37. The zero-order valence-electron chi connectivity index (χ0n) is 15.2. The maximum Gasteiger partial charge on any atom is 0.225 e. The monoisotopic (exact) mass is 336 g/mol. The Hall–Kier alpha value is -1.10. The van der Waals surface area contributed by atoms with Crippen molar-refractivity contribution in [2.75, 3.05) is 13.7 Å². The second-order valence-corrected chi connectivity index (χ2v) is 7.97. The summed E-state index contributed by atoms with van der Waals surface area (Å²) >= 11 is 0. The second-order valence-electron chi connectivity index (χ2n) is 7.97. The molecule has 0 unspecified atom stereocenters. The van der Waals surface area contributed by atoms with Crippen LogP contribution in [0.4, 0.5) is 0 Å². The number of ether oxygens (including phenoxy) is 1. The minimum Gasteiger partial charge on any atom is -0.381 e. The van der Waals surface area contributed by atoms with Gasteiger partial charge in [0.15, 0.2) is 0 Å². The molecule has 0 bridgehead atoms. The third-order valence-electron chi connectivity index (χ3n) is 5.82. The first-order valence-electron chi connectivity index (χ1n) is 9.71. The molecular formula is C19H32N2O3. The van der Waals surface area contributed by atoms with E-state index in [4.69, 9.17) is 4.74 Å². The summed E-state index contributed by atoms with van der Waals surface area (Å²) in [5.74, 6) is 0.575. The molecule has 24 heavy (non-hydrogen) atoms. The van der Waals surface area contributed by atoms with Crippen molar-refractivity contribution in [3.05, 3.63) is 0 Å². The topological polar surface area (TPSA) is 58.6 Å². The molecule has 0 aromatic rings. The average molecular weight is 336 g/mol. The molecule has 3 aliphatic carbocycles. The number of rotatable bonds is 8. The first kappa shape index (κ1) is 17.7. The van der Waals surface area contributed by atoms with Gasteiger partial charge in [-0.25, -0.2) is 0 Å². The summed E-state index contributed by atoms with van der Waals surface area (Å²) in [5, 5.41) is 3.28. The Morgan fingerprint density at radius 3 is 2.29 bits per heavy atom. The molecule has 0 spiro atoms. The van der Waals surface area contributed by atoms with E-state index in [2.05, 4.69) is 17.1 Å². The van der Waals surface area contributed by atoms with E-state index >= 15 is 0 Å². The molecule has 0 heterocycles. The van der Waals surface area contributed by atoms with Gasteiger partial charge in [0, 0.05) is 37.6 Å². The third-order valence-corrected chi connectivity index (χ3v) is 5.82. The van der Waals surface area contributed by atoms with Gasteiger partial charge in [-0.1, -0.05) is 6.92 Å². The van der Waals surface area contributed by atoms with Gasteiger partial charge in [0.2, 0.25) is 11.8 Å². The SMILES string of the molecule is CCCN(C(=O)CC1(NC(=O)C2CC2)CCC(OC)CC1)C1CC1. The molecule has 0 aliphatic heterocycles. The molecule has 136 valence electrons. The molecule has 5 heteroatoms. The van der Waals surface area contributed by atoms with Gasteiger partial charge < -0.3 is 15.0 Å². The number of hydrogen-bond donors (Lipinski definition) is 1. The quantitative estimate of drug-likeness (QED) is 0.741. The van der Waals surface area contributed by atoms with Crippen LogP contribution in [0.3, 0.4) is 0 Å². The van der Waals surface area contributed by atoms with E-state index in [1.54, 1.807) is 7.11 Å². The lowest BCUT2D eigenvalue weighted by Crippen LogP contribution is -2.55. The lowest BCUT2D eigenvalue weighted by atomic mass is 9.77. The summed E-state index contributed by atoms with van der Waals surface area (Å²) in [6.45, 7) is 2.97. The number of nitrogens with one attached hydrogen (secondary N) is 1. The van der Waals surface area contributed by atoms with Crippen molar-refractivity contribution < 1.29 is 14.3 Å². The van der Waals surface area contributed by atoms with Gasteiger partial charge in [-0.3, -0.25) is 9.59 Å². The fourth-order valence-electron chi connectivity index (χ4n) is 3.96. The summed E-state index contributed by atoms with van der Waals surface area (Å²) in [5.41, 5.74) is -0.354. The smallest absolute Gasteiger partial charge is 0.225 e. The Balaban J connectivity index is 1.66. The molecule has 3 fully saturated rings. The Bertz CT molecular complexity index is 463. The van der Waals surface area contributed by atoms with Crippen molar-refractivity contribution in [1.29, 1.82) is 0 Å². The second kappa shape index (κ2) is 7.42. The van der Waals surface area contributed by atoms with Crippen LogP contribution in [0.15, 0.2) is 0 Å². The van der Waals surface area contributed by atoms with Crippen LogP contribution in [0, 0.1) is 5.92 Å². The van der Waals surface area contributed by atoms with E-state index in [0.29, 0.717) is 12.5 Å². The molecule has 3 aliphatic rings. The minimum atomic E-state index is -0.354. The Morgan fingerprint density at radius 2 is 1.79 bits per heavy atom. The molecule has 3 rings (SSSR count). The number of carbonyl (C=O) groups excluding carboxylic acids is 2. The highest BCUT2D eigenvalue weighted by atomic mass is 16.5. The minimum absolute atomic E-state index is 0.159. The Morgan fingerprint density at radius 1 is 1.12 bits per heavy atom. The molecule has 2 amide bonds. The number of hydrogen-bond acceptors (Lipinski definition) is 3. The zero-order chi connectivity index (χ0) is 17.2. The lowest BCUT2D eigenvalue weighted by molar-refractivity contribution is -0.135. The summed E-state index contributed by atoms with van der Waals surface area (Å²) in [6.07, 6.45) is 9.53. The molecule has 1 N–H and O–H groups in total. The molecule has 3 saturated carbocycles. The summed E-state index contributed by atoms with van der Waals surface area (Å²) in [7, 11) is 1.75. The van der Waals surface area contributed by atoms with Crippen LogP contribution in [-0.2, 0) is 14.3 Å². The fourth-order valence-corrected chi connectivity index (χ4v) is 3.96. The standard InChI is InChI=1S/C19H32N2O3/c1-3-12-21(15-6-7-15)17(22)13-19(20-18(23)14-4-5-14)10-8-16(24-2)9-11-19/h14-16H,3-13H2,1-2H3,(H,20,23). The summed E-state index contributed by atoms with van der Waals surface area (Å²) in [4.78, 5) is 27.4. The van der Waals surface area contributed by atoms with Gasteiger partial charge in [0.1, 0.15) is 0 Å². The van der Waals surface area contributed by atoms with Crippen molar-refractivity contribution in [1.82, 2.24) is 10.2 Å². The van der Waals surface area contributed by atoms with Crippen molar-refractivity contribution in [2.45, 2.75) is 88.8 Å². The largest absolute Gasteiger partial charge is 0.381 e. The van der Waals surface area contributed by atoms with E-state index in [1.165, 1.54) is 0 Å². The average Bonchev–Trinajstić information content (AvgIpc) is 3.46. The highest BCUT2D eigenvalue weighted by molar-refractivity contribution is 5.84. The maximum atomic E-state index is 12.9. The maximum absolute atomic E-state index is 12.9. The summed E-state index contributed by atoms with van der Waals surface area (Å²) in [6, 6.07) is 0.448. The zero-order valence-corrected chi connectivity index (χ0v) is 15.2. The summed E-state index contributed by atoms with van der Waals surface area (Å²) < 4.78 is 5.48. The van der Waals surface area contributed by atoms with Crippen molar-refractivity contribution in [2.24, 2.45) is 5.92 Å². The van der Waals surface area contributed by atoms with Crippen LogP contribution in [0.25, 0.3) is 0 Å². The Labute approximate surface area is 145 Å². The van der Waals surface area contributed by atoms with E-state index in [-0.39, 0.29) is 29.4 Å². The fraction of sp³-hybridized carbons (Fsp3) is 0.895. The molecule has 5 nitrogen and oxygen atoms in total. The first-order chi connectivity index (χ1) is 11.6. The van der Waals surface area contributed by atoms with Crippen LogP contribution in [0.1, 0.15) is 71.1 Å².